The van der Waals surface area contributed by atoms with Crippen molar-refractivity contribution in [2.24, 2.45) is 0 Å². The molecule has 1 saturated heterocycles. The maximum Gasteiger partial charge on any atom is 0.488 e. The standard InChI is InChI=1S/C11H15BFNO2/c13-11-2-1-9(12(15)16)7-10(11)8-3-5-14-6-4-8/h1-2,7-8,14-16H,3-6H2. The highest BCUT2D eigenvalue weighted by atomic mass is 19.1. The van der Waals surface area contributed by atoms with Gasteiger partial charge in [0, 0.05) is 0 Å². The van der Waals surface area contributed by atoms with Gasteiger partial charge in [-0.2, -0.15) is 0 Å². The van der Waals surface area contributed by atoms with Crippen LogP contribution in [0.3, 0.4) is 0 Å². The molecule has 5 heteroatoms. The lowest BCUT2D eigenvalue weighted by atomic mass is 9.77. The van der Waals surface area contributed by atoms with Gasteiger partial charge in [-0.3, -0.25) is 0 Å². The molecule has 0 spiro atoms. The molecule has 1 aromatic carbocycles. The topological polar surface area (TPSA) is 52.5 Å². The molecule has 0 radical (unpaired) electrons. The quantitative estimate of drug-likeness (QED) is 0.617. The van der Waals surface area contributed by atoms with Gasteiger partial charge in [0.05, 0.1) is 0 Å². The van der Waals surface area contributed by atoms with E-state index < -0.39 is 7.12 Å². The molecule has 86 valence electrons. The van der Waals surface area contributed by atoms with Gasteiger partial charge >= 0.3 is 7.12 Å². The highest BCUT2D eigenvalue weighted by molar-refractivity contribution is 6.58. The van der Waals surface area contributed by atoms with E-state index in [0.29, 0.717) is 11.0 Å². The molecule has 0 amide bonds. The van der Waals surface area contributed by atoms with E-state index in [-0.39, 0.29) is 11.7 Å². The molecular formula is C11H15BFNO2. The van der Waals surface area contributed by atoms with Gasteiger partial charge in [-0.05, 0) is 48.9 Å². The molecule has 1 aromatic rings. The van der Waals surface area contributed by atoms with Crippen molar-refractivity contribution in [3.63, 3.8) is 0 Å². The van der Waals surface area contributed by atoms with E-state index in [1.54, 1.807) is 6.07 Å². The van der Waals surface area contributed by atoms with Gasteiger partial charge in [-0.1, -0.05) is 12.1 Å². The third kappa shape index (κ3) is 2.43. The minimum absolute atomic E-state index is 0.181. The van der Waals surface area contributed by atoms with E-state index >= 15 is 0 Å². The van der Waals surface area contributed by atoms with Crippen LogP contribution in [0, 0.1) is 5.82 Å². The minimum atomic E-state index is -1.53. The van der Waals surface area contributed by atoms with Crippen LogP contribution in [0.2, 0.25) is 0 Å². The van der Waals surface area contributed by atoms with Crippen molar-refractivity contribution < 1.29 is 14.4 Å². The lowest BCUT2D eigenvalue weighted by molar-refractivity contribution is 0.424. The first kappa shape index (κ1) is 11.6. The lowest BCUT2D eigenvalue weighted by Gasteiger charge is -2.23. The first-order valence-corrected chi connectivity index (χ1v) is 5.54. The molecule has 16 heavy (non-hydrogen) atoms. The summed E-state index contributed by atoms with van der Waals surface area (Å²) in [5.41, 5.74) is 0.960. The van der Waals surface area contributed by atoms with Gasteiger partial charge in [0.1, 0.15) is 5.82 Å². The predicted octanol–water partition coefficient (Wildman–Crippen LogP) is -0.0275. The number of rotatable bonds is 2. The van der Waals surface area contributed by atoms with Crippen LogP contribution in [0.5, 0.6) is 0 Å². The van der Waals surface area contributed by atoms with Crippen LogP contribution < -0.4 is 10.8 Å². The fourth-order valence-electron chi connectivity index (χ4n) is 2.17. The number of nitrogens with one attached hydrogen (secondary N) is 1. The highest BCUT2D eigenvalue weighted by Gasteiger charge is 2.21. The highest BCUT2D eigenvalue weighted by Crippen LogP contribution is 2.26. The summed E-state index contributed by atoms with van der Waals surface area (Å²) in [4.78, 5) is 0. The summed E-state index contributed by atoms with van der Waals surface area (Å²) in [5, 5.41) is 21.3. The van der Waals surface area contributed by atoms with E-state index in [1.807, 2.05) is 0 Å². The Kier molecular flexibility index (Phi) is 3.58. The second kappa shape index (κ2) is 4.95. The van der Waals surface area contributed by atoms with E-state index in [0.717, 1.165) is 25.9 Å². The van der Waals surface area contributed by atoms with Crippen molar-refractivity contribution in [3.8, 4) is 0 Å². The van der Waals surface area contributed by atoms with Crippen molar-refractivity contribution in [2.45, 2.75) is 18.8 Å². The predicted molar refractivity (Wildman–Crippen MR) is 61.1 cm³/mol. The van der Waals surface area contributed by atoms with Crippen molar-refractivity contribution >= 4 is 12.6 Å². The zero-order valence-electron chi connectivity index (χ0n) is 8.99. The third-order valence-electron chi connectivity index (χ3n) is 3.10. The van der Waals surface area contributed by atoms with Crippen LogP contribution in [-0.4, -0.2) is 30.3 Å². The van der Waals surface area contributed by atoms with Crippen LogP contribution in [0.25, 0.3) is 0 Å². The molecule has 0 aliphatic carbocycles. The Morgan fingerprint density at radius 2 is 1.94 bits per heavy atom. The van der Waals surface area contributed by atoms with Crippen molar-refractivity contribution in [2.75, 3.05) is 13.1 Å². The molecule has 2 rings (SSSR count). The molecule has 3 N–H and O–H groups in total. The van der Waals surface area contributed by atoms with Crippen LogP contribution in [0.15, 0.2) is 18.2 Å². The smallest absolute Gasteiger partial charge is 0.423 e. The molecule has 0 saturated carbocycles. The maximum absolute atomic E-state index is 13.6. The van der Waals surface area contributed by atoms with E-state index in [4.69, 9.17) is 10.0 Å². The Bertz CT molecular complexity index is 367. The number of hydrogen-bond acceptors (Lipinski definition) is 3. The zero-order chi connectivity index (χ0) is 11.5. The van der Waals surface area contributed by atoms with E-state index in [1.165, 1.54) is 12.1 Å². The molecule has 1 aliphatic rings. The van der Waals surface area contributed by atoms with Crippen LogP contribution in [0.4, 0.5) is 4.39 Å². The summed E-state index contributed by atoms with van der Waals surface area (Å²) in [6.45, 7) is 1.77. The second-order valence-corrected chi connectivity index (χ2v) is 4.18. The summed E-state index contributed by atoms with van der Waals surface area (Å²) in [6.07, 6.45) is 1.78. The van der Waals surface area contributed by atoms with Gasteiger partial charge in [0.2, 0.25) is 0 Å². The molecule has 0 unspecified atom stereocenters. The number of hydrogen-bond donors (Lipinski definition) is 3. The second-order valence-electron chi connectivity index (χ2n) is 4.18. The summed E-state index contributed by atoms with van der Waals surface area (Å²) >= 11 is 0. The van der Waals surface area contributed by atoms with Crippen molar-refractivity contribution in [1.29, 1.82) is 0 Å². The largest absolute Gasteiger partial charge is 0.488 e. The molecular weight excluding hydrogens is 208 g/mol. The van der Waals surface area contributed by atoms with Crippen LogP contribution in [-0.2, 0) is 0 Å². The number of piperidine rings is 1. The molecule has 1 heterocycles. The fraction of sp³-hybridized carbons (Fsp3) is 0.455. The summed E-state index contributed by atoms with van der Waals surface area (Å²) in [7, 11) is -1.53. The Morgan fingerprint density at radius 1 is 1.25 bits per heavy atom. The lowest BCUT2D eigenvalue weighted by Crippen LogP contribution is -2.32. The minimum Gasteiger partial charge on any atom is -0.423 e. The summed E-state index contributed by atoms with van der Waals surface area (Å²) in [6, 6.07) is 4.28. The normalized spacial score (nSPS) is 17.4. The fourth-order valence-corrected chi connectivity index (χ4v) is 2.17. The van der Waals surface area contributed by atoms with Gasteiger partial charge in [0.25, 0.3) is 0 Å². The third-order valence-corrected chi connectivity index (χ3v) is 3.10. The Morgan fingerprint density at radius 3 is 2.56 bits per heavy atom. The summed E-state index contributed by atoms with van der Waals surface area (Å²) in [5.74, 6) is -0.0729. The van der Waals surface area contributed by atoms with E-state index in [9.17, 15) is 4.39 Å². The summed E-state index contributed by atoms with van der Waals surface area (Å²) < 4.78 is 13.6. The van der Waals surface area contributed by atoms with Crippen LogP contribution in [0.1, 0.15) is 24.3 Å². The molecule has 0 aromatic heterocycles. The Hall–Kier alpha value is -0.905. The first-order chi connectivity index (χ1) is 7.68. The van der Waals surface area contributed by atoms with Gasteiger partial charge < -0.3 is 15.4 Å². The molecule has 0 bridgehead atoms. The van der Waals surface area contributed by atoms with E-state index in [2.05, 4.69) is 5.32 Å². The molecule has 3 nitrogen and oxygen atoms in total. The molecule has 1 aliphatic heterocycles. The number of halogens is 1. The monoisotopic (exact) mass is 223 g/mol. The van der Waals surface area contributed by atoms with Crippen LogP contribution >= 0.6 is 0 Å². The first-order valence-electron chi connectivity index (χ1n) is 5.54. The van der Waals surface area contributed by atoms with Gasteiger partial charge in [-0.25, -0.2) is 4.39 Å². The maximum atomic E-state index is 13.6. The van der Waals surface area contributed by atoms with Gasteiger partial charge in [0.15, 0.2) is 0 Å². The SMILES string of the molecule is OB(O)c1ccc(F)c(C2CCNCC2)c1. The average molecular weight is 223 g/mol. The van der Waals surface area contributed by atoms with Crippen molar-refractivity contribution in [1.82, 2.24) is 5.32 Å². The Balaban J connectivity index is 2.27. The zero-order valence-corrected chi connectivity index (χ0v) is 8.99. The molecule has 0 atom stereocenters. The molecule has 1 fully saturated rings. The Labute approximate surface area is 94.4 Å². The van der Waals surface area contributed by atoms with Gasteiger partial charge in [-0.15, -0.1) is 0 Å². The van der Waals surface area contributed by atoms with Crippen molar-refractivity contribution in [3.05, 3.63) is 29.6 Å². The number of benzene rings is 1. The average Bonchev–Trinajstić information content (AvgIpc) is 2.30.